The van der Waals surface area contributed by atoms with E-state index in [1.165, 1.54) is 0 Å². The number of hydrogen-bond acceptors (Lipinski definition) is 6. The van der Waals surface area contributed by atoms with E-state index in [1.807, 2.05) is 26.0 Å². The Labute approximate surface area is 221 Å². The van der Waals surface area contributed by atoms with Gasteiger partial charge in [0, 0.05) is 30.5 Å². The molecule has 3 rings (SSSR count). The Morgan fingerprint density at radius 3 is 2.68 bits per heavy atom. The number of alkyl carbamates (subject to hydrolysis) is 1. The fourth-order valence-corrected chi connectivity index (χ4v) is 4.90. The SMILES string of the molecule is CC(C)C[C@H](NC(=O)OC[C@@H]1CCC(=O)N1Cc1cccc(Cl)c1)C(=O)N[C@H](C=O)C[C@@H]1CCNC1=O. The van der Waals surface area contributed by atoms with Gasteiger partial charge in [-0.15, -0.1) is 0 Å². The maximum Gasteiger partial charge on any atom is 0.407 e. The van der Waals surface area contributed by atoms with Crippen LogP contribution in [0.1, 0.15) is 51.5 Å². The number of aldehydes is 1. The highest BCUT2D eigenvalue weighted by atomic mass is 35.5. The van der Waals surface area contributed by atoms with Crippen molar-refractivity contribution >= 4 is 41.7 Å². The van der Waals surface area contributed by atoms with Crippen molar-refractivity contribution < 1.29 is 28.7 Å². The molecule has 0 aromatic heterocycles. The first kappa shape index (κ1) is 28.4. The Morgan fingerprint density at radius 1 is 1.24 bits per heavy atom. The van der Waals surface area contributed by atoms with Crippen LogP contribution >= 0.6 is 11.6 Å². The zero-order valence-electron chi connectivity index (χ0n) is 21.2. The van der Waals surface area contributed by atoms with E-state index in [0.717, 1.165) is 5.56 Å². The number of amides is 4. The molecule has 1 aromatic carbocycles. The molecule has 0 spiro atoms. The van der Waals surface area contributed by atoms with Crippen molar-refractivity contribution in [2.45, 2.75) is 70.6 Å². The predicted molar refractivity (Wildman–Crippen MR) is 136 cm³/mol. The van der Waals surface area contributed by atoms with Crippen LogP contribution in [0.15, 0.2) is 24.3 Å². The van der Waals surface area contributed by atoms with E-state index >= 15 is 0 Å². The van der Waals surface area contributed by atoms with E-state index < -0.39 is 24.1 Å². The summed E-state index contributed by atoms with van der Waals surface area (Å²) < 4.78 is 5.41. The third kappa shape index (κ3) is 8.45. The molecule has 2 saturated heterocycles. The number of rotatable bonds is 12. The zero-order chi connectivity index (χ0) is 26.9. The van der Waals surface area contributed by atoms with E-state index in [0.29, 0.717) is 50.1 Å². The van der Waals surface area contributed by atoms with Crippen molar-refractivity contribution in [1.29, 1.82) is 0 Å². The highest BCUT2D eigenvalue weighted by Gasteiger charge is 2.33. The summed E-state index contributed by atoms with van der Waals surface area (Å²) in [5.41, 5.74) is 0.880. The summed E-state index contributed by atoms with van der Waals surface area (Å²) in [5.74, 6) is -0.925. The molecule has 2 heterocycles. The molecule has 4 atom stereocenters. The molecular formula is C26H35ClN4O6. The highest BCUT2D eigenvalue weighted by molar-refractivity contribution is 6.30. The van der Waals surface area contributed by atoms with E-state index in [9.17, 15) is 24.0 Å². The van der Waals surface area contributed by atoms with Gasteiger partial charge in [-0.3, -0.25) is 14.4 Å². The lowest BCUT2D eigenvalue weighted by molar-refractivity contribution is -0.130. The van der Waals surface area contributed by atoms with Gasteiger partial charge in [-0.1, -0.05) is 37.6 Å². The second-order valence-corrected chi connectivity index (χ2v) is 10.5. The van der Waals surface area contributed by atoms with Gasteiger partial charge in [0.05, 0.1) is 12.1 Å². The smallest absolute Gasteiger partial charge is 0.407 e. The minimum absolute atomic E-state index is 0.0120. The third-order valence-electron chi connectivity index (χ3n) is 6.61. The molecular weight excluding hydrogens is 500 g/mol. The lowest BCUT2D eigenvalue weighted by Crippen LogP contribution is -2.51. The molecule has 0 saturated carbocycles. The number of nitrogens with zero attached hydrogens (tertiary/aromatic N) is 1. The number of nitrogens with one attached hydrogen (secondary N) is 3. The van der Waals surface area contributed by atoms with Gasteiger partial charge >= 0.3 is 6.09 Å². The zero-order valence-corrected chi connectivity index (χ0v) is 22.0. The summed E-state index contributed by atoms with van der Waals surface area (Å²) in [4.78, 5) is 63.0. The van der Waals surface area contributed by atoms with Gasteiger partial charge in [-0.2, -0.15) is 0 Å². The maximum absolute atomic E-state index is 12.9. The van der Waals surface area contributed by atoms with Crippen LogP contribution < -0.4 is 16.0 Å². The first-order valence-electron chi connectivity index (χ1n) is 12.7. The fourth-order valence-electron chi connectivity index (χ4n) is 4.68. The molecule has 2 aliphatic rings. The van der Waals surface area contributed by atoms with E-state index in [1.54, 1.807) is 17.0 Å². The molecule has 4 amide bonds. The standard InChI is InChI=1S/C26H35ClN4O6/c1-16(2)10-22(25(35)29-20(14-32)12-18-8-9-28-24(18)34)30-26(36)37-15-21-6-7-23(33)31(21)13-17-4-3-5-19(27)11-17/h3-5,11,14,16,18,20-22H,6-10,12-13,15H2,1-2H3,(H,28,34)(H,29,35)(H,30,36)/t18-,20-,21-,22-/m0/s1. The van der Waals surface area contributed by atoms with Crippen molar-refractivity contribution in [1.82, 2.24) is 20.9 Å². The number of likely N-dealkylation sites (tertiary alicyclic amines) is 1. The molecule has 1 aromatic rings. The Bertz CT molecular complexity index is 1000. The van der Waals surface area contributed by atoms with Gasteiger partial charge in [0.2, 0.25) is 17.7 Å². The molecule has 0 aliphatic carbocycles. The molecule has 2 aliphatic heterocycles. The van der Waals surface area contributed by atoms with E-state index in [4.69, 9.17) is 16.3 Å². The summed E-state index contributed by atoms with van der Waals surface area (Å²) in [6, 6.07) is 5.20. The monoisotopic (exact) mass is 534 g/mol. The van der Waals surface area contributed by atoms with Gasteiger partial charge in [-0.05, 0) is 49.3 Å². The fraction of sp³-hybridized carbons (Fsp3) is 0.577. The Kier molecular flexibility index (Phi) is 10.3. The first-order valence-corrected chi connectivity index (χ1v) is 13.0. The number of benzene rings is 1. The minimum atomic E-state index is -0.917. The van der Waals surface area contributed by atoms with Gasteiger partial charge in [0.1, 0.15) is 18.9 Å². The number of halogens is 1. The molecule has 0 unspecified atom stereocenters. The lowest BCUT2D eigenvalue weighted by Gasteiger charge is -2.26. The Hall–Kier alpha value is -3.14. The largest absolute Gasteiger partial charge is 0.447 e. The van der Waals surface area contributed by atoms with Crippen LogP contribution in [-0.2, 0) is 30.5 Å². The van der Waals surface area contributed by atoms with Gasteiger partial charge < -0.3 is 30.4 Å². The summed E-state index contributed by atoms with van der Waals surface area (Å²) in [5, 5.41) is 8.54. The molecule has 0 bridgehead atoms. The number of hydrogen-bond donors (Lipinski definition) is 3. The second-order valence-electron chi connectivity index (χ2n) is 10.0. The van der Waals surface area contributed by atoms with Crippen molar-refractivity contribution in [3.05, 3.63) is 34.9 Å². The van der Waals surface area contributed by atoms with Crippen LogP contribution in [0.3, 0.4) is 0 Å². The minimum Gasteiger partial charge on any atom is -0.447 e. The topological polar surface area (TPSA) is 134 Å². The molecule has 202 valence electrons. The quantitative estimate of drug-likeness (QED) is 0.352. The Morgan fingerprint density at radius 2 is 2.03 bits per heavy atom. The van der Waals surface area contributed by atoms with E-state index in [-0.39, 0.29) is 42.7 Å². The summed E-state index contributed by atoms with van der Waals surface area (Å²) >= 11 is 6.05. The molecule has 10 nitrogen and oxygen atoms in total. The van der Waals surface area contributed by atoms with Crippen molar-refractivity contribution in [2.24, 2.45) is 11.8 Å². The average molecular weight is 535 g/mol. The van der Waals surface area contributed by atoms with Crippen LogP contribution in [0.25, 0.3) is 0 Å². The molecule has 37 heavy (non-hydrogen) atoms. The third-order valence-corrected chi connectivity index (χ3v) is 6.85. The van der Waals surface area contributed by atoms with E-state index in [2.05, 4.69) is 16.0 Å². The highest BCUT2D eigenvalue weighted by Crippen LogP contribution is 2.23. The van der Waals surface area contributed by atoms with Gasteiger partial charge in [-0.25, -0.2) is 4.79 Å². The van der Waals surface area contributed by atoms with Crippen LogP contribution in [0, 0.1) is 11.8 Å². The number of carbonyl (C=O) groups is 5. The van der Waals surface area contributed by atoms with Crippen LogP contribution in [0.5, 0.6) is 0 Å². The average Bonchev–Trinajstić information content (AvgIpc) is 3.41. The van der Waals surface area contributed by atoms with Gasteiger partial charge in [0.25, 0.3) is 0 Å². The van der Waals surface area contributed by atoms with Crippen LogP contribution in [0.2, 0.25) is 5.02 Å². The lowest BCUT2D eigenvalue weighted by atomic mass is 9.98. The number of ether oxygens (including phenoxy) is 1. The molecule has 3 N–H and O–H groups in total. The molecule has 0 radical (unpaired) electrons. The predicted octanol–water partition coefficient (Wildman–Crippen LogP) is 2.18. The normalized spacial score (nSPS) is 20.9. The molecule has 2 fully saturated rings. The first-order chi connectivity index (χ1) is 17.7. The Balaban J connectivity index is 1.54. The van der Waals surface area contributed by atoms with Crippen molar-refractivity contribution in [3.8, 4) is 0 Å². The van der Waals surface area contributed by atoms with Gasteiger partial charge in [0.15, 0.2) is 0 Å². The van der Waals surface area contributed by atoms with Crippen LogP contribution in [0.4, 0.5) is 4.79 Å². The van der Waals surface area contributed by atoms with Crippen molar-refractivity contribution in [2.75, 3.05) is 13.2 Å². The summed E-state index contributed by atoms with van der Waals surface area (Å²) in [6.45, 7) is 4.72. The second kappa shape index (κ2) is 13.4. The number of carbonyl (C=O) groups excluding carboxylic acids is 5. The summed E-state index contributed by atoms with van der Waals surface area (Å²) in [6.07, 6.45) is 1.90. The van der Waals surface area contributed by atoms with Crippen molar-refractivity contribution in [3.63, 3.8) is 0 Å². The summed E-state index contributed by atoms with van der Waals surface area (Å²) in [7, 11) is 0. The molecule has 11 heteroatoms. The van der Waals surface area contributed by atoms with Crippen LogP contribution in [-0.4, -0.2) is 66.3 Å². The maximum atomic E-state index is 12.9.